The van der Waals surface area contributed by atoms with Gasteiger partial charge in [-0.15, -0.1) is 0 Å². The van der Waals surface area contributed by atoms with E-state index in [-0.39, 0.29) is 46.3 Å². The number of thiazole rings is 1. The molecule has 0 amide bonds. The molecule has 2 N–H and O–H groups in total. The molecule has 1 spiro atoms. The number of nitrogens with zero attached hydrogens (tertiary/aromatic N) is 4. The van der Waals surface area contributed by atoms with Crippen LogP contribution in [0.25, 0.3) is 21.8 Å². The number of benzene rings is 2. The number of halogens is 3. The van der Waals surface area contributed by atoms with Gasteiger partial charge in [-0.2, -0.15) is 0 Å². The molecule has 11 nitrogen and oxygen atoms in total. The summed E-state index contributed by atoms with van der Waals surface area (Å²) >= 11 is 1.28. The van der Waals surface area contributed by atoms with E-state index in [1.165, 1.54) is 23.5 Å². The minimum Gasteiger partial charge on any atom is -0.377 e. The van der Waals surface area contributed by atoms with Gasteiger partial charge in [0.15, 0.2) is 25.7 Å². The van der Waals surface area contributed by atoms with Crippen LogP contribution in [0.5, 0.6) is 0 Å². The molecule has 0 bridgehead atoms. The van der Waals surface area contributed by atoms with E-state index in [1.54, 1.807) is 12.3 Å². The molecule has 48 heavy (non-hydrogen) atoms. The zero-order valence-corrected chi connectivity index (χ0v) is 28.2. The first kappa shape index (κ1) is 32.7. The Morgan fingerprint density at radius 3 is 2.31 bits per heavy atom. The molecule has 4 heterocycles. The molecule has 17 heteroatoms. The number of sulfonamides is 1. The Hall–Kier alpha value is -3.80. The molecule has 2 aliphatic heterocycles. The zero-order chi connectivity index (χ0) is 34.0. The summed E-state index contributed by atoms with van der Waals surface area (Å²) in [6.45, 7) is 4.89. The second-order valence-corrected chi connectivity index (χ2v) is 17.3. The molecule has 0 radical (unpaired) electrons. The van der Waals surface area contributed by atoms with Crippen LogP contribution in [-0.2, 0) is 24.6 Å². The van der Waals surface area contributed by atoms with Crippen molar-refractivity contribution in [1.82, 2.24) is 15.0 Å². The van der Waals surface area contributed by atoms with Crippen molar-refractivity contribution in [2.75, 3.05) is 39.7 Å². The highest BCUT2D eigenvalue weighted by Gasteiger charge is 2.56. The van der Waals surface area contributed by atoms with Crippen molar-refractivity contribution in [3.63, 3.8) is 0 Å². The summed E-state index contributed by atoms with van der Waals surface area (Å²) < 4.78 is 102. The number of ether oxygens (including phenoxy) is 1. The molecular weight excluding hydrogens is 690 g/mol. The lowest BCUT2D eigenvalue weighted by Gasteiger charge is -2.53. The van der Waals surface area contributed by atoms with E-state index in [1.807, 2.05) is 18.6 Å². The molecule has 254 valence electrons. The monoisotopic (exact) mass is 720 g/mol. The minimum atomic E-state index is -4.85. The lowest BCUT2D eigenvalue weighted by molar-refractivity contribution is 0.0756. The lowest BCUT2D eigenvalue weighted by atomic mass is 9.67. The predicted molar refractivity (Wildman–Crippen MR) is 176 cm³/mol. The van der Waals surface area contributed by atoms with Crippen LogP contribution in [0.4, 0.5) is 29.9 Å². The van der Waals surface area contributed by atoms with Crippen molar-refractivity contribution >= 4 is 48.0 Å². The summed E-state index contributed by atoms with van der Waals surface area (Å²) in [4.78, 5) is 15.2. The van der Waals surface area contributed by atoms with E-state index < -0.39 is 47.9 Å². The molecule has 7 rings (SSSR count). The molecule has 3 aliphatic rings. The van der Waals surface area contributed by atoms with Crippen LogP contribution in [0, 0.1) is 22.9 Å². The van der Waals surface area contributed by atoms with Crippen LogP contribution in [-0.4, -0.2) is 74.6 Å². The highest BCUT2D eigenvalue weighted by atomic mass is 32.2. The summed E-state index contributed by atoms with van der Waals surface area (Å²) in [5.41, 5.74) is -0.148. The Kier molecular flexibility index (Phi) is 8.16. The Morgan fingerprint density at radius 1 is 0.979 bits per heavy atom. The van der Waals surface area contributed by atoms with Gasteiger partial charge in [-0.3, -0.25) is 4.72 Å². The van der Waals surface area contributed by atoms with Gasteiger partial charge in [-0.1, -0.05) is 23.5 Å². The summed E-state index contributed by atoms with van der Waals surface area (Å²) in [5, 5.41) is 3.85. The topological polar surface area (TPSA) is 143 Å². The molecule has 2 aromatic carbocycles. The highest BCUT2D eigenvalue weighted by molar-refractivity contribution is 7.93. The third-order valence-corrected chi connectivity index (χ3v) is 13.4. The normalized spacial score (nSPS) is 21.8. The number of aromatic nitrogens is 3. The second-order valence-electron chi connectivity index (χ2n) is 12.7. The number of hydrogen-bond acceptors (Lipinski definition) is 11. The SMILES string of the molecule is C[C@H]1COC[C@H](C)N1c1nc(-c2cccc(NS(=O)(=O)c3c(F)cccc3F)c2F)c(-c2ccnc(NC3CC4(C3)CS(=O)(=O)C4)n2)s1. The van der Waals surface area contributed by atoms with E-state index in [9.17, 15) is 25.6 Å². The van der Waals surface area contributed by atoms with Crippen molar-refractivity contribution in [1.29, 1.82) is 0 Å². The molecule has 2 saturated heterocycles. The molecule has 2 atom stereocenters. The van der Waals surface area contributed by atoms with E-state index in [2.05, 4.69) is 15.2 Å². The number of hydrogen-bond donors (Lipinski definition) is 2. The first-order valence-corrected chi connectivity index (χ1v) is 19.3. The summed E-state index contributed by atoms with van der Waals surface area (Å²) in [6.07, 6.45) is 2.93. The third-order valence-electron chi connectivity index (χ3n) is 8.82. The number of anilines is 3. The van der Waals surface area contributed by atoms with Crippen molar-refractivity contribution in [2.45, 2.75) is 49.7 Å². The van der Waals surface area contributed by atoms with Crippen molar-refractivity contribution < 1.29 is 34.7 Å². The standard InChI is InChI=1S/C31H31F3N6O5S3/c1-17-13-45-14-18(2)40(17)30-38-26(20-5-3-8-23(25(20)34)39-48(43,44)28-21(32)6-4-7-22(28)33)27(46-30)24-9-10-35-29(37-24)36-19-11-31(12-19)15-47(41,42)16-31/h3-10,17-19,39H,11-16H2,1-2H3,(H,35,36,37)/t17-,18-/m0/s1. The Labute approximate surface area is 279 Å². The maximum atomic E-state index is 16.3. The van der Waals surface area contributed by atoms with Crippen LogP contribution in [0.1, 0.15) is 26.7 Å². The van der Waals surface area contributed by atoms with Crippen molar-refractivity contribution in [3.05, 3.63) is 66.1 Å². The van der Waals surface area contributed by atoms with E-state index in [0.717, 1.165) is 24.3 Å². The van der Waals surface area contributed by atoms with Crippen LogP contribution < -0.4 is 14.9 Å². The molecule has 3 fully saturated rings. The molecule has 1 aliphatic carbocycles. The maximum Gasteiger partial charge on any atom is 0.267 e. The van der Waals surface area contributed by atoms with Gasteiger partial charge in [0.2, 0.25) is 5.95 Å². The Bertz CT molecular complexity index is 2080. The van der Waals surface area contributed by atoms with Gasteiger partial charge >= 0.3 is 0 Å². The number of nitrogens with one attached hydrogen (secondary N) is 2. The van der Waals surface area contributed by atoms with Gasteiger partial charge in [0.1, 0.15) is 11.6 Å². The van der Waals surface area contributed by atoms with E-state index >= 15 is 4.39 Å². The fourth-order valence-electron chi connectivity index (χ4n) is 6.84. The van der Waals surface area contributed by atoms with Crippen LogP contribution in [0.3, 0.4) is 0 Å². The number of rotatable bonds is 8. The largest absolute Gasteiger partial charge is 0.377 e. The number of morpholine rings is 1. The van der Waals surface area contributed by atoms with Gasteiger partial charge < -0.3 is 15.0 Å². The third kappa shape index (κ3) is 6.01. The Morgan fingerprint density at radius 2 is 1.65 bits per heavy atom. The predicted octanol–water partition coefficient (Wildman–Crippen LogP) is 5.09. The summed E-state index contributed by atoms with van der Waals surface area (Å²) in [6, 6.07) is 8.18. The van der Waals surface area contributed by atoms with Crippen LogP contribution in [0.2, 0.25) is 0 Å². The average Bonchev–Trinajstić information content (AvgIpc) is 3.41. The van der Waals surface area contributed by atoms with Crippen LogP contribution >= 0.6 is 11.3 Å². The second kappa shape index (κ2) is 12.0. The quantitative estimate of drug-likeness (QED) is 0.253. The Balaban J connectivity index is 1.25. The average molecular weight is 721 g/mol. The van der Waals surface area contributed by atoms with Gasteiger partial charge in [0, 0.05) is 23.2 Å². The van der Waals surface area contributed by atoms with Gasteiger partial charge in [0.05, 0.1) is 58.8 Å². The summed E-state index contributed by atoms with van der Waals surface area (Å²) in [7, 11) is -7.80. The first-order chi connectivity index (χ1) is 22.7. The summed E-state index contributed by atoms with van der Waals surface area (Å²) in [5.74, 6) is -2.93. The first-order valence-electron chi connectivity index (χ1n) is 15.2. The zero-order valence-electron chi connectivity index (χ0n) is 25.8. The smallest absolute Gasteiger partial charge is 0.267 e. The van der Waals surface area contributed by atoms with E-state index in [0.29, 0.717) is 47.7 Å². The van der Waals surface area contributed by atoms with Gasteiger partial charge in [0.25, 0.3) is 10.0 Å². The van der Waals surface area contributed by atoms with Gasteiger partial charge in [-0.05, 0) is 57.0 Å². The molecule has 2 aromatic heterocycles. The van der Waals surface area contributed by atoms with Crippen molar-refractivity contribution in [2.24, 2.45) is 5.41 Å². The van der Waals surface area contributed by atoms with Crippen LogP contribution in [0.15, 0.2) is 53.6 Å². The molecular formula is C31H31F3N6O5S3. The van der Waals surface area contributed by atoms with Crippen molar-refractivity contribution in [3.8, 4) is 21.8 Å². The number of sulfone groups is 1. The maximum absolute atomic E-state index is 16.3. The molecule has 0 unspecified atom stereocenters. The minimum absolute atomic E-state index is 0.00345. The molecule has 1 saturated carbocycles. The molecule has 4 aromatic rings. The fourth-order valence-corrected chi connectivity index (χ4v) is 11.5. The fraction of sp³-hybridized carbons (Fsp3) is 0.387. The lowest BCUT2D eigenvalue weighted by Crippen LogP contribution is -2.60. The highest BCUT2D eigenvalue weighted by Crippen LogP contribution is 2.51. The van der Waals surface area contributed by atoms with E-state index in [4.69, 9.17) is 14.7 Å². The van der Waals surface area contributed by atoms with Gasteiger partial charge in [-0.25, -0.2) is 45.0 Å².